The number of alkyl halides is 3. The minimum atomic E-state index is -4.43. The lowest BCUT2D eigenvalue weighted by atomic mass is 10.0. The first kappa shape index (κ1) is 20.7. The van der Waals surface area contributed by atoms with E-state index in [2.05, 4.69) is 0 Å². The number of methoxy groups -OCH3 is 1. The van der Waals surface area contributed by atoms with Gasteiger partial charge in [-0.05, 0) is 37.5 Å². The largest absolute Gasteiger partial charge is 0.416 e. The van der Waals surface area contributed by atoms with Gasteiger partial charge in [-0.1, -0.05) is 12.1 Å². The third kappa shape index (κ3) is 4.96. The molecule has 1 unspecified atom stereocenters. The smallest absolute Gasteiger partial charge is 0.383 e. The number of benzene rings is 1. The van der Waals surface area contributed by atoms with Gasteiger partial charge in [0.15, 0.2) is 0 Å². The quantitative estimate of drug-likeness (QED) is 0.797. The van der Waals surface area contributed by atoms with Crippen LogP contribution in [0, 0.1) is 0 Å². The number of hydrogen-bond acceptors (Lipinski definition) is 4. The molecule has 2 rings (SSSR count). The predicted octanol–water partition coefficient (Wildman–Crippen LogP) is 2.75. The van der Waals surface area contributed by atoms with E-state index >= 15 is 0 Å². The maximum Gasteiger partial charge on any atom is 0.416 e. The molecule has 0 bridgehead atoms. The molecule has 1 fully saturated rings. The van der Waals surface area contributed by atoms with Crippen LogP contribution in [-0.2, 0) is 20.4 Å². The summed E-state index contributed by atoms with van der Waals surface area (Å²) in [6.07, 6.45) is -3.95. The van der Waals surface area contributed by atoms with Crippen molar-refractivity contribution in [1.29, 1.82) is 0 Å². The zero-order valence-corrected chi connectivity index (χ0v) is 15.0. The molecular weight excluding hydrogens is 349 g/mol. The molecule has 0 saturated carbocycles. The number of carbonyl (C=O) groups is 1. The van der Waals surface area contributed by atoms with Crippen LogP contribution >= 0.6 is 0 Å². The van der Waals surface area contributed by atoms with Crippen molar-refractivity contribution in [2.45, 2.75) is 44.2 Å². The van der Waals surface area contributed by atoms with Gasteiger partial charge in [-0.25, -0.2) is 0 Å². The molecule has 5 nitrogen and oxygen atoms in total. The first-order valence-electron chi connectivity index (χ1n) is 8.60. The second kappa shape index (κ2) is 8.83. The van der Waals surface area contributed by atoms with Gasteiger partial charge in [0.05, 0.1) is 24.3 Å². The summed E-state index contributed by atoms with van der Waals surface area (Å²) in [5.41, 5.74) is 5.26. The highest BCUT2D eigenvalue weighted by atomic mass is 19.4. The lowest BCUT2D eigenvalue weighted by Gasteiger charge is -2.32. The molecule has 1 aromatic rings. The Labute approximate surface area is 151 Å². The summed E-state index contributed by atoms with van der Waals surface area (Å²) in [5.74, 6) is -0.247. The van der Waals surface area contributed by atoms with Gasteiger partial charge in [0.1, 0.15) is 6.10 Å². The molecule has 0 aromatic heterocycles. The Bertz CT molecular complexity index is 610. The van der Waals surface area contributed by atoms with Crippen molar-refractivity contribution < 1.29 is 27.4 Å². The number of nitrogens with zero attached hydrogens (tertiary/aromatic N) is 1. The Morgan fingerprint density at radius 1 is 1.42 bits per heavy atom. The SMILES string of the molecule is COCCN(C(=O)[C@@H]1CC[C@H](CN)O1)C(C)c1cccc(C(F)(F)F)c1. The first-order chi connectivity index (χ1) is 12.3. The van der Waals surface area contributed by atoms with E-state index < -0.39 is 23.9 Å². The van der Waals surface area contributed by atoms with Crippen LogP contribution in [0.4, 0.5) is 13.2 Å². The first-order valence-corrected chi connectivity index (χ1v) is 8.60. The molecule has 1 aromatic carbocycles. The molecule has 1 aliphatic rings. The van der Waals surface area contributed by atoms with Gasteiger partial charge in [-0.3, -0.25) is 4.79 Å². The Balaban J connectivity index is 2.21. The van der Waals surface area contributed by atoms with Crippen molar-refractivity contribution >= 4 is 5.91 Å². The maximum atomic E-state index is 13.0. The van der Waals surface area contributed by atoms with E-state index in [9.17, 15) is 18.0 Å². The van der Waals surface area contributed by atoms with Gasteiger partial charge in [0.2, 0.25) is 0 Å². The van der Waals surface area contributed by atoms with Crippen LogP contribution in [0.15, 0.2) is 24.3 Å². The number of carbonyl (C=O) groups excluding carboxylic acids is 1. The van der Waals surface area contributed by atoms with Crippen LogP contribution < -0.4 is 5.73 Å². The number of hydrogen-bond donors (Lipinski definition) is 1. The van der Waals surface area contributed by atoms with Gasteiger partial charge in [-0.15, -0.1) is 0 Å². The normalized spacial score (nSPS) is 21.6. The highest BCUT2D eigenvalue weighted by Gasteiger charge is 2.36. The summed E-state index contributed by atoms with van der Waals surface area (Å²) in [6.45, 7) is 2.59. The van der Waals surface area contributed by atoms with E-state index in [1.807, 2.05) is 0 Å². The third-order valence-corrected chi connectivity index (χ3v) is 4.63. The van der Waals surface area contributed by atoms with E-state index in [1.54, 1.807) is 13.0 Å². The van der Waals surface area contributed by atoms with E-state index in [-0.39, 0.29) is 25.2 Å². The summed E-state index contributed by atoms with van der Waals surface area (Å²) in [6, 6.07) is 4.50. The molecule has 1 amide bonds. The van der Waals surface area contributed by atoms with Gasteiger partial charge < -0.3 is 20.1 Å². The summed E-state index contributed by atoms with van der Waals surface area (Å²) in [5, 5.41) is 0. The molecule has 3 atom stereocenters. The van der Waals surface area contributed by atoms with Gasteiger partial charge in [0, 0.05) is 20.2 Å². The second-order valence-corrected chi connectivity index (χ2v) is 6.38. The molecule has 1 saturated heterocycles. The second-order valence-electron chi connectivity index (χ2n) is 6.38. The lowest BCUT2D eigenvalue weighted by molar-refractivity contribution is -0.145. The molecule has 0 radical (unpaired) electrons. The van der Waals surface area contributed by atoms with Crippen molar-refractivity contribution in [3.63, 3.8) is 0 Å². The monoisotopic (exact) mass is 374 g/mol. The average Bonchev–Trinajstić information content (AvgIpc) is 3.10. The van der Waals surface area contributed by atoms with E-state index in [0.717, 1.165) is 12.1 Å². The van der Waals surface area contributed by atoms with Crippen LogP contribution in [0.25, 0.3) is 0 Å². The molecular formula is C18H25F3N2O3. The van der Waals surface area contributed by atoms with Crippen LogP contribution in [0.1, 0.15) is 36.9 Å². The zero-order valence-electron chi connectivity index (χ0n) is 15.0. The number of halogens is 3. The molecule has 146 valence electrons. The van der Waals surface area contributed by atoms with Gasteiger partial charge in [0.25, 0.3) is 5.91 Å². The Hall–Kier alpha value is -1.64. The van der Waals surface area contributed by atoms with Crippen LogP contribution in [0.3, 0.4) is 0 Å². The Morgan fingerprint density at radius 2 is 2.15 bits per heavy atom. The number of ether oxygens (including phenoxy) is 2. The minimum Gasteiger partial charge on any atom is -0.383 e. The third-order valence-electron chi connectivity index (χ3n) is 4.63. The fourth-order valence-corrected chi connectivity index (χ4v) is 3.08. The topological polar surface area (TPSA) is 64.8 Å². The average molecular weight is 374 g/mol. The Kier molecular flexibility index (Phi) is 7.02. The molecule has 1 heterocycles. The van der Waals surface area contributed by atoms with Crippen LogP contribution in [0.5, 0.6) is 0 Å². The van der Waals surface area contributed by atoms with E-state index in [0.29, 0.717) is 24.9 Å². The van der Waals surface area contributed by atoms with Crippen LogP contribution in [0.2, 0.25) is 0 Å². The van der Waals surface area contributed by atoms with Gasteiger partial charge >= 0.3 is 6.18 Å². The molecule has 1 aliphatic heterocycles. The molecule has 2 N–H and O–H groups in total. The van der Waals surface area contributed by atoms with Crippen molar-refractivity contribution in [3.8, 4) is 0 Å². The highest BCUT2D eigenvalue weighted by molar-refractivity contribution is 5.81. The minimum absolute atomic E-state index is 0.155. The Morgan fingerprint density at radius 3 is 2.73 bits per heavy atom. The maximum absolute atomic E-state index is 13.0. The van der Waals surface area contributed by atoms with Crippen molar-refractivity contribution in [2.75, 3.05) is 26.8 Å². The van der Waals surface area contributed by atoms with Gasteiger partial charge in [-0.2, -0.15) is 13.2 Å². The van der Waals surface area contributed by atoms with Crippen molar-refractivity contribution in [1.82, 2.24) is 4.90 Å². The lowest BCUT2D eigenvalue weighted by Crippen LogP contribution is -2.42. The standard InChI is InChI=1S/C18H25F3N2O3/c1-12(13-4-3-5-14(10-13)18(19,20)21)23(8-9-25-2)17(24)16-7-6-15(11-22)26-16/h3-5,10,12,15-16H,6-9,11,22H2,1-2H3/t12?,15-,16+/m1/s1. The molecule has 26 heavy (non-hydrogen) atoms. The van der Waals surface area contributed by atoms with E-state index in [1.165, 1.54) is 18.1 Å². The highest BCUT2D eigenvalue weighted by Crippen LogP contribution is 2.32. The summed E-state index contributed by atoms with van der Waals surface area (Å²) >= 11 is 0. The zero-order chi connectivity index (χ0) is 19.3. The van der Waals surface area contributed by atoms with E-state index in [4.69, 9.17) is 15.2 Å². The summed E-state index contributed by atoms with van der Waals surface area (Å²) in [4.78, 5) is 14.4. The fourth-order valence-electron chi connectivity index (χ4n) is 3.08. The van der Waals surface area contributed by atoms with Crippen molar-refractivity contribution in [3.05, 3.63) is 35.4 Å². The van der Waals surface area contributed by atoms with Crippen LogP contribution in [-0.4, -0.2) is 49.8 Å². The number of amides is 1. The summed E-state index contributed by atoms with van der Waals surface area (Å²) in [7, 11) is 1.51. The number of rotatable bonds is 7. The fraction of sp³-hybridized carbons (Fsp3) is 0.611. The number of nitrogens with two attached hydrogens (primary N) is 1. The molecule has 8 heteroatoms. The summed E-state index contributed by atoms with van der Waals surface area (Å²) < 4.78 is 49.7. The molecule has 0 spiro atoms. The predicted molar refractivity (Wildman–Crippen MR) is 90.4 cm³/mol. The molecule has 0 aliphatic carbocycles. The van der Waals surface area contributed by atoms with Crippen molar-refractivity contribution in [2.24, 2.45) is 5.73 Å².